The van der Waals surface area contributed by atoms with Crippen LogP contribution in [0.4, 0.5) is 16.5 Å². The van der Waals surface area contributed by atoms with Gasteiger partial charge in [0.1, 0.15) is 16.2 Å². The smallest absolute Gasteiger partial charge is 0.357 e. The van der Waals surface area contributed by atoms with Crippen LogP contribution in [-0.2, 0) is 0 Å². The molecule has 0 aliphatic rings. The summed E-state index contributed by atoms with van der Waals surface area (Å²) in [7, 11) is 1.46. The molecule has 11 heteroatoms. The van der Waals surface area contributed by atoms with Gasteiger partial charge in [-0.05, 0) is 11.6 Å². The third-order valence-electron chi connectivity index (χ3n) is 3.37. The SMILES string of the molecule is CN(c1nc(Cl)ncc1[N+](=O)[O-])c1sc(-c2ccccc2)nc1C(=O)O. The molecule has 0 radical (unpaired) electrons. The molecule has 0 saturated carbocycles. The van der Waals surface area contributed by atoms with Crippen LogP contribution in [0.5, 0.6) is 0 Å². The number of carbonyl (C=O) groups is 1. The predicted octanol–water partition coefficient (Wildman–Crippen LogP) is 3.63. The molecule has 132 valence electrons. The van der Waals surface area contributed by atoms with E-state index >= 15 is 0 Å². The molecule has 0 fully saturated rings. The van der Waals surface area contributed by atoms with Crippen LogP contribution in [0.2, 0.25) is 5.28 Å². The number of hydrogen-bond acceptors (Lipinski definition) is 8. The molecule has 3 aromatic rings. The monoisotopic (exact) mass is 391 g/mol. The van der Waals surface area contributed by atoms with Gasteiger partial charge in [-0.1, -0.05) is 41.7 Å². The molecule has 3 rings (SSSR count). The zero-order valence-electron chi connectivity index (χ0n) is 13.2. The average molecular weight is 392 g/mol. The Kier molecular flexibility index (Phi) is 4.78. The fourth-order valence-corrected chi connectivity index (χ4v) is 3.36. The first-order valence-corrected chi connectivity index (χ1v) is 8.28. The van der Waals surface area contributed by atoms with Gasteiger partial charge in [-0.15, -0.1) is 0 Å². The summed E-state index contributed by atoms with van der Waals surface area (Å²) >= 11 is 6.83. The number of carboxylic acid groups (broad SMARTS) is 1. The minimum atomic E-state index is -1.26. The number of anilines is 2. The molecule has 0 atom stereocenters. The molecule has 9 nitrogen and oxygen atoms in total. The summed E-state index contributed by atoms with van der Waals surface area (Å²) in [6, 6.07) is 9.01. The normalized spacial score (nSPS) is 10.5. The van der Waals surface area contributed by atoms with Crippen molar-refractivity contribution < 1.29 is 14.8 Å². The molecule has 0 bridgehead atoms. The van der Waals surface area contributed by atoms with Gasteiger partial charge in [0.15, 0.2) is 5.69 Å². The van der Waals surface area contributed by atoms with E-state index in [1.165, 1.54) is 11.9 Å². The Morgan fingerprint density at radius 3 is 2.62 bits per heavy atom. The lowest BCUT2D eigenvalue weighted by Gasteiger charge is -2.16. The van der Waals surface area contributed by atoms with Gasteiger partial charge in [0.2, 0.25) is 11.1 Å². The molecule has 1 aromatic carbocycles. The molecule has 0 saturated heterocycles. The maximum absolute atomic E-state index is 11.6. The van der Waals surface area contributed by atoms with Gasteiger partial charge in [0.05, 0.1) is 4.92 Å². The van der Waals surface area contributed by atoms with Crippen LogP contribution in [-0.4, -0.2) is 38.0 Å². The Bertz CT molecular complexity index is 995. The lowest BCUT2D eigenvalue weighted by Crippen LogP contribution is -2.15. The topological polar surface area (TPSA) is 122 Å². The van der Waals surface area contributed by atoms with Crippen LogP contribution in [0.15, 0.2) is 36.5 Å². The summed E-state index contributed by atoms with van der Waals surface area (Å²) in [6.45, 7) is 0. The van der Waals surface area contributed by atoms with E-state index in [1.807, 2.05) is 6.07 Å². The molecule has 2 aromatic heterocycles. The van der Waals surface area contributed by atoms with Crippen LogP contribution in [0.1, 0.15) is 10.5 Å². The molecule has 2 heterocycles. The van der Waals surface area contributed by atoms with E-state index in [4.69, 9.17) is 11.6 Å². The Labute approximate surface area is 155 Å². The maximum Gasteiger partial charge on any atom is 0.357 e. The number of nitro groups is 1. The van der Waals surface area contributed by atoms with Crippen LogP contribution >= 0.6 is 22.9 Å². The highest BCUT2D eigenvalue weighted by Crippen LogP contribution is 2.39. The van der Waals surface area contributed by atoms with Crippen LogP contribution in [0.3, 0.4) is 0 Å². The summed E-state index contributed by atoms with van der Waals surface area (Å²) in [5.74, 6) is -1.38. The van der Waals surface area contributed by atoms with Gasteiger partial charge < -0.3 is 10.0 Å². The Balaban J connectivity index is 2.15. The van der Waals surface area contributed by atoms with Gasteiger partial charge in [0, 0.05) is 12.6 Å². The fraction of sp³-hybridized carbons (Fsp3) is 0.0667. The van der Waals surface area contributed by atoms with Gasteiger partial charge >= 0.3 is 11.7 Å². The minimum Gasteiger partial charge on any atom is -0.476 e. The third kappa shape index (κ3) is 3.32. The summed E-state index contributed by atoms with van der Waals surface area (Å²) in [5, 5.41) is 21.2. The molecular weight excluding hydrogens is 382 g/mol. The lowest BCUT2D eigenvalue weighted by molar-refractivity contribution is -0.384. The van der Waals surface area contributed by atoms with E-state index < -0.39 is 16.6 Å². The number of rotatable bonds is 5. The van der Waals surface area contributed by atoms with Crippen molar-refractivity contribution in [3.63, 3.8) is 0 Å². The van der Waals surface area contributed by atoms with Crippen molar-refractivity contribution in [2.24, 2.45) is 0 Å². The number of aromatic carboxylic acids is 1. The molecule has 0 aliphatic carbocycles. The molecule has 26 heavy (non-hydrogen) atoms. The quantitative estimate of drug-likeness (QED) is 0.397. The number of benzene rings is 1. The first-order valence-electron chi connectivity index (χ1n) is 7.08. The number of carboxylic acids is 1. The number of aromatic nitrogens is 3. The highest BCUT2D eigenvalue weighted by molar-refractivity contribution is 7.19. The van der Waals surface area contributed by atoms with Crippen molar-refractivity contribution in [3.8, 4) is 10.6 Å². The molecule has 0 unspecified atom stereocenters. The third-order valence-corrected chi connectivity index (χ3v) is 4.74. The first kappa shape index (κ1) is 17.7. The molecular formula is C15H10ClN5O4S. The van der Waals surface area contributed by atoms with E-state index in [-0.39, 0.29) is 21.8 Å². The molecule has 0 aliphatic heterocycles. The van der Waals surface area contributed by atoms with Crippen molar-refractivity contribution in [1.29, 1.82) is 0 Å². The summed E-state index contributed by atoms with van der Waals surface area (Å²) < 4.78 is 0. The summed E-state index contributed by atoms with van der Waals surface area (Å²) in [4.78, 5) is 35.1. The van der Waals surface area contributed by atoms with E-state index in [0.717, 1.165) is 23.1 Å². The second kappa shape index (κ2) is 7.02. The first-order chi connectivity index (χ1) is 12.4. The van der Waals surface area contributed by atoms with Crippen LogP contribution in [0, 0.1) is 10.1 Å². The summed E-state index contributed by atoms with van der Waals surface area (Å²) in [5.41, 5.74) is 0.0955. The van der Waals surface area contributed by atoms with E-state index in [9.17, 15) is 20.0 Å². The van der Waals surface area contributed by atoms with E-state index in [1.54, 1.807) is 24.3 Å². The maximum atomic E-state index is 11.6. The number of thiazole rings is 1. The predicted molar refractivity (Wildman–Crippen MR) is 96.3 cm³/mol. The van der Waals surface area contributed by atoms with Gasteiger partial charge in [0.25, 0.3) is 0 Å². The Hall–Kier alpha value is -3.11. The number of halogens is 1. The zero-order chi connectivity index (χ0) is 18.8. The van der Waals surface area contributed by atoms with Crippen molar-refractivity contribution >= 4 is 45.4 Å². The summed E-state index contributed by atoms with van der Waals surface area (Å²) in [6.07, 6.45) is 0.973. The zero-order valence-corrected chi connectivity index (χ0v) is 14.7. The molecule has 0 spiro atoms. The second-order valence-electron chi connectivity index (χ2n) is 5.01. The van der Waals surface area contributed by atoms with Crippen molar-refractivity contribution in [2.75, 3.05) is 11.9 Å². The van der Waals surface area contributed by atoms with Crippen molar-refractivity contribution in [2.45, 2.75) is 0 Å². The lowest BCUT2D eigenvalue weighted by atomic mass is 10.2. The van der Waals surface area contributed by atoms with Crippen molar-refractivity contribution in [3.05, 3.63) is 57.6 Å². The Morgan fingerprint density at radius 2 is 2.00 bits per heavy atom. The van der Waals surface area contributed by atoms with Gasteiger partial charge in [-0.2, -0.15) is 4.98 Å². The highest BCUT2D eigenvalue weighted by Gasteiger charge is 2.28. The highest BCUT2D eigenvalue weighted by atomic mass is 35.5. The van der Waals surface area contributed by atoms with E-state index in [0.29, 0.717) is 5.01 Å². The Morgan fingerprint density at radius 1 is 1.31 bits per heavy atom. The molecule has 0 amide bonds. The van der Waals surface area contributed by atoms with Gasteiger partial charge in [-0.25, -0.2) is 14.8 Å². The average Bonchev–Trinajstić information content (AvgIpc) is 3.07. The van der Waals surface area contributed by atoms with Crippen LogP contribution < -0.4 is 4.90 Å². The molecule has 1 N–H and O–H groups in total. The van der Waals surface area contributed by atoms with Gasteiger partial charge in [-0.3, -0.25) is 10.1 Å². The standard InChI is InChI=1S/C15H10ClN5O4S/c1-20(11-9(21(24)25)7-17-15(16)19-11)13-10(14(22)23)18-12(26-13)8-5-3-2-4-6-8/h2-7H,1H3,(H,22,23). The largest absolute Gasteiger partial charge is 0.476 e. The second-order valence-corrected chi connectivity index (χ2v) is 6.32. The minimum absolute atomic E-state index is 0.124. The number of nitrogens with zero attached hydrogens (tertiary/aromatic N) is 5. The number of hydrogen-bond donors (Lipinski definition) is 1. The van der Waals surface area contributed by atoms with Crippen LogP contribution in [0.25, 0.3) is 10.6 Å². The fourth-order valence-electron chi connectivity index (χ4n) is 2.20. The van der Waals surface area contributed by atoms with Crippen molar-refractivity contribution in [1.82, 2.24) is 15.0 Å². The van der Waals surface area contributed by atoms with E-state index in [2.05, 4.69) is 15.0 Å².